The maximum absolute atomic E-state index is 13.1. The molecule has 0 unspecified atom stereocenters. The number of nitrogens with one attached hydrogen (secondary N) is 1. The van der Waals surface area contributed by atoms with Crippen molar-refractivity contribution < 1.29 is 18.4 Å². The quantitative estimate of drug-likeness (QED) is 0.196. The van der Waals surface area contributed by atoms with Crippen LogP contribution >= 0.6 is 11.6 Å². The van der Waals surface area contributed by atoms with Gasteiger partial charge >= 0.3 is 0 Å². The number of aromatic nitrogens is 2. The zero-order valence-corrected chi connectivity index (χ0v) is 18.3. The van der Waals surface area contributed by atoms with Gasteiger partial charge in [-0.05, 0) is 36.5 Å². The maximum Gasteiger partial charge on any atom is 0.257 e. The summed E-state index contributed by atoms with van der Waals surface area (Å²) in [4.78, 5) is 21.1. The number of hydrogen-bond donors (Lipinski definition) is 3. The standard InChI is InChI=1S/C20H22ClN5O4S/c1-31(29,30)17-7-6-13(9-15(17)21)14(8-12-4-2-3-5-12)20(27)25-18-11-23-16(10-24-18)19(22)26-28/h6-12,28H,2-5H2,1H3,(H2,22,26)(H,24,25,27)/b14-8+. The lowest BCUT2D eigenvalue weighted by molar-refractivity contribution is -0.111. The number of anilines is 1. The number of nitrogens with zero attached hydrogens (tertiary/aromatic N) is 3. The second-order valence-corrected chi connectivity index (χ2v) is 9.66. The molecule has 11 heteroatoms. The van der Waals surface area contributed by atoms with Gasteiger partial charge in [-0.2, -0.15) is 0 Å². The highest BCUT2D eigenvalue weighted by molar-refractivity contribution is 7.90. The first-order valence-electron chi connectivity index (χ1n) is 9.52. The summed E-state index contributed by atoms with van der Waals surface area (Å²) in [6, 6.07) is 4.44. The van der Waals surface area contributed by atoms with Gasteiger partial charge in [-0.3, -0.25) is 4.79 Å². The summed E-state index contributed by atoms with van der Waals surface area (Å²) < 4.78 is 23.7. The number of amides is 1. The minimum Gasteiger partial charge on any atom is -0.409 e. The molecule has 0 spiro atoms. The molecule has 0 radical (unpaired) electrons. The summed E-state index contributed by atoms with van der Waals surface area (Å²) in [5.41, 5.74) is 6.50. The number of rotatable bonds is 6. The van der Waals surface area contributed by atoms with E-state index in [1.807, 2.05) is 6.08 Å². The number of carbonyl (C=O) groups is 1. The third-order valence-electron chi connectivity index (χ3n) is 4.95. The summed E-state index contributed by atoms with van der Waals surface area (Å²) in [7, 11) is -3.49. The smallest absolute Gasteiger partial charge is 0.257 e. The van der Waals surface area contributed by atoms with Crippen molar-refractivity contribution in [3.8, 4) is 0 Å². The largest absolute Gasteiger partial charge is 0.409 e. The number of nitrogens with two attached hydrogens (primary N) is 1. The van der Waals surface area contributed by atoms with Gasteiger partial charge in [0.1, 0.15) is 5.69 Å². The van der Waals surface area contributed by atoms with Crippen molar-refractivity contribution in [2.75, 3.05) is 11.6 Å². The minimum atomic E-state index is -3.49. The molecule has 3 rings (SSSR count). The predicted octanol–water partition coefficient (Wildman–Crippen LogP) is 2.84. The zero-order chi connectivity index (χ0) is 22.6. The Kier molecular flexibility index (Phi) is 6.91. The van der Waals surface area contributed by atoms with Crippen LogP contribution in [0.5, 0.6) is 0 Å². The summed E-state index contributed by atoms with van der Waals surface area (Å²) in [6.45, 7) is 0. The number of amidine groups is 1. The van der Waals surface area contributed by atoms with Crippen LogP contribution in [0.1, 0.15) is 36.9 Å². The van der Waals surface area contributed by atoms with E-state index in [9.17, 15) is 13.2 Å². The average molecular weight is 464 g/mol. The average Bonchev–Trinajstić information content (AvgIpc) is 3.24. The van der Waals surface area contributed by atoms with Crippen LogP contribution in [0.4, 0.5) is 5.82 Å². The zero-order valence-electron chi connectivity index (χ0n) is 16.7. The Morgan fingerprint density at radius 2 is 2.00 bits per heavy atom. The van der Waals surface area contributed by atoms with Crippen LogP contribution in [0, 0.1) is 5.92 Å². The summed E-state index contributed by atoms with van der Waals surface area (Å²) in [6.07, 6.45) is 9.65. The van der Waals surface area contributed by atoms with Gasteiger partial charge < -0.3 is 16.3 Å². The second-order valence-electron chi connectivity index (χ2n) is 7.27. The maximum atomic E-state index is 13.1. The predicted molar refractivity (Wildman–Crippen MR) is 118 cm³/mol. The molecule has 1 aliphatic rings. The third-order valence-corrected chi connectivity index (χ3v) is 6.53. The molecule has 1 fully saturated rings. The van der Waals surface area contributed by atoms with Gasteiger partial charge in [-0.15, -0.1) is 0 Å². The van der Waals surface area contributed by atoms with Gasteiger partial charge in [0, 0.05) is 11.8 Å². The van der Waals surface area contributed by atoms with Crippen LogP contribution in [-0.4, -0.2) is 41.6 Å². The Bertz CT molecular complexity index is 1140. The highest BCUT2D eigenvalue weighted by atomic mass is 35.5. The lowest BCUT2D eigenvalue weighted by Gasteiger charge is -2.13. The molecule has 9 nitrogen and oxygen atoms in total. The van der Waals surface area contributed by atoms with Gasteiger partial charge in [0.25, 0.3) is 5.91 Å². The number of carbonyl (C=O) groups excluding carboxylic acids is 1. The lowest BCUT2D eigenvalue weighted by atomic mass is 9.98. The lowest BCUT2D eigenvalue weighted by Crippen LogP contribution is -2.18. The Balaban J connectivity index is 1.92. The topological polar surface area (TPSA) is 148 Å². The second kappa shape index (κ2) is 9.44. The first-order chi connectivity index (χ1) is 14.7. The van der Waals surface area contributed by atoms with Gasteiger partial charge in [-0.1, -0.05) is 41.7 Å². The fraction of sp³-hybridized carbons (Fsp3) is 0.300. The molecule has 1 heterocycles. The number of oxime groups is 1. The number of benzene rings is 1. The molecule has 1 aliphatic carbocycles. The number of sulfone groups is 1. The molecular weight excluding hydrogens is 442 g/mol. The highest BCUT2D eigenvalue weighted by Gasteiger charge is 2.21. The molecule has 0 saturated heterocycles. The fourth-order valence-electron chi connectivity index (χ4n) is 3.39. The summed E-state index contributed by atoms with van der Waals surface area (Å²) >= 11 is 6.20. The molecular formula is C20H22ClN5O4S. The third kappa shape index (κ3) is 5.59. The number of halogens is 1. The molecule has 0 aliphatic heterocycles. The monoisotopic (exact) mass is 463 g/mol. The first-order valence-corrected chi connectivity index (χ1v) is 11.8. The van der Waals surface area contributed by atoms with Crippen LogP contribution in [0.15, 0.2) is 46.7 Å². The highest BCUT2D eigenvalue weighted by Crippen LogP contribution is 2.32. The summed E-state index contributed by atoms with van der Waals surface area (Å²) in [5.74, 6) is -0.215. The SMILES string of the molecule is CS(=O)(=O)c1ccc(/C(=C\C2CCCC2)C(=O)Nc2cnc(/C(N)=N\O)cn2)cc1Cl. The molecule has 31 heavy (non-hydrogen) atoms. The number of hydrogen-bond acceptors (Lipinski definition) is 7. The van der Waals surface area contributed by atoms with Gasteiger partial charge in [0.2, 0.25) is 0 Å². The van der Waals surface area contributed by atoms with Crippen molar-refractivity contribution in [2.24, 2.45) is 16.8 Å². The van der Waals surface area contributed by atoms with E-state index in [0.29, 0.717) is 11.1 Å². The fourth-order valence-corrected chi connectivity index (χ4v) is 4.72. The molecule has 4 N–H and O–H groups in total. The van der Waals surface area contributed by atoms with Crippen LogP contribution < -0.4 is 11.1 Å². The van der Waals surface area contributed by atoms with Crippen molar-refractivity contribution >= 4 is 44.6 Å². The van der Waals surface area contributed by atoms with E-state index < -0.39 is 15.7 Å². The van der Waals surface area contributed by atoms with Crippen molar-refractivity contribution in [1.29, 1.82) is 0 Å². The van der Waals surface area contributed by atoms with Crippen molar-refractivity contribution in [3.05, 3.63) is 52.9 Å². The first kappa shape index (κ1) is 22.7. The van der Waals surface area contributed by atoms with Gasteiger partial charge in [0.05, 0.1) is 22.3 Å². The summed E-state index contributed by atoms with van der Waals surface area (Å²) in [5, 5.41) is 14.3. The van der Waals surface area contributed by atoms with E-state index in [2.05, 4.69) is 20.4 Å². The van der Waals surface area contributed by atoms with E-state index in [0.717, 1.165) is 31.9 Å². The normalized spacial score (nSPS) is 15.8. The molecule has 2 aromatic rings. The van der Waals surface area contributed by atoms with Gasteiger partial charge in [-0.25, -0.2) is 18.4 Å². The van der Waals surface area contributed by atoms with Crippen molar-refractivity contribution in [1.82, 2.24) is 9.97 Å². The van der Waals surface area contributed by atoms with E-state index in [1.165, 1.54) is 24.5 Å². The molecule has 164 valence electrons. The minimum absolute atomic E-state index is 0.00290. The van der Waals surface area contributed by atoms with Crippen LogP contribution in [-0.2, 0) is 14.6 Å². The molecule has 1 aromatic heterocycles. The van der Waals surface area contributed by atoms with E-state index in [4.69, 9.17) is 22.5 Å². The Morgan fingerprint density at radius 3 is 2.55 bits per heavy atom. The molecule has 1 saturated carbocycles. The molecule has 0 atom stereocenters. The molecule has 1 aromatic carbocycles. The van der Waals surface area contributed by atoms with E-state index in [1.54, 1.807) is 6.07 Å². The Morgan fingerprint density at radius 1 is 1.29 bits per heavy atom. The number of allylic oxidation sites excluding steroid dienone is 1. The van der Waals surface area contributed by atoms with Crippen molar-refractivity contribution in [3.63, 3.8) is 0 Å². The van der Waals surface area contributed by atoms with E-state index >= 15 is 0 Å². The van der Waals surface area contributed by atoms with Crippen LogP contribution in [0.25, 0.3) is 5.57 Å². The van der Waals surface area contributed by atoms with Gasteiger partial charge in [0.15, 0.2) is 21.5 Å². The van der Waals surface area contributed by atoms with Crippen molar-refractivity contribution in [2.45, 2.75) is 30.6 Å². The Labute approximate surface area is 185 Å². The Hall–Kier alpha value is -2.98. The van der Waals surface area contributed by atoms with Crippen LogP contribution in [0.2, 0.25) is 5.02 Å². The molecule has 1 amide bonds. The van der Waals surface area contributed by atoms with E-state index in [-0.39, 0.29) is 33.2 Å². The molecule has 0 bridgehead atoms. The van der Waals surface area contributed by atoms with Crippen LogP contribution in [0.3, 0.4) is 0 Å².